The lowest BCUT2D eigenvalue weighted by Crippen LogP contribution is -2.77. The number of hydrogen-bond donors (Lipinski definition) is 3. The van der Waals surface area contributed by atoms with E-state index in [9.17, 15) is 9.90 Å². The van der Waals surface area contributed by atoms with Crippen molar-refractivity contribution < 1.29 is 14.6 Å². The van der Waals surface area contributed by atoms with Gasteiger partial charge in [-0.05, 0) is 19.8 Å². The minimum Gasteiger partial charge on any atom is -0.394 e. The highest BCUT2D eigenvalue weighted by Crippen LogP contribution is 2.50. The first-order valence-electron chi connectivity index (χ1n) is 8.15. The summed E-state index contributed by atoms with van der Waals surface area (Å²) >= 11 is 0. The summed E-state index contributed by atoms with van der Waals surface area (Å²) in [5, 5.41) is 12.8. The van der Waals surface area contributed by atoms with Crippen LogP contribution in [0, 0.1) is 5.41 Å². The Bertz CT molecular complexity index is 391. The van der Waals surface area contributed by atoms with E-state index in [2.05, 4.69) is 5.32 Å². The van der Waals surface area contributed by atoms with E-state index >= 15 is 0 Å². The molecule has 0 aromatic rings. The van der Waals surface area contributed by atoms with Crippen LogP contribution in [-0.2, 0) is 9.53 Å². The number of aliphatic hydroxyl groups is 1. The Morgan fingerprint density at radius 1 is 1.33 bits per heavy atom. The fourth-order valence-corrected chi connectivity index (χ4v) is 3.72. The summed E-state index contributed by atoms with van der Waals surface area (Å²) in [6.45, 7) is 6.55. The van der Waals surface area contributed by atoms with Crippen molar-refractivity contribution >= 4 is 5.91 Å². The van der Waals surface area contributed by atoms with E-state index in [1.165, 1.54) is 6.42 Å². The number of amides is 1. The third kappa shape index (κ3) is 2.71. The standard InChI is InChI=1S/C16H30N2O3/c1-4-21-12-10-16(17,14(12,2)3)13(20)18-15(11-19)8-6-5-7-9-15/h12,19H,4-11,17H2,1-3H3,(H,18,20). The summed E-state index contributed by atoms with van der Waals surface area (Å²) < 4.78 is 5.67. The Labute approximate surface area is 127 Å². The van der Waals surface area contributed by atoms with Crippen molar-refractivity contribution in [1.29, 1.82) is 0 Å². The first-order valence-corrected chi connectivity index (χ1v) is 8.15. The molecule has 0 aromatic carbocycles. The molecule has 2 aliphatic carbocycles. The minimum atomic E-state index is -0.910. The molecule has 2 atom stereocenters. The molecular weight excluding hydrogens is 268 g/mol. The quantitative estimate of drug-likeness (QED) is 0.715. The molecule has 2 fully saturated rings. The average Bonchev–Trinajstić information content (AvgIpc) is 2.47. The molecule has 122 valence electrons. The number of rotatable bonds is 5. The molecule has 2 aliphatic rings. The summed E-state index contributed by atoms with van der Waals surface area (Å²) in [6.07, 6.45) is 5.49. The maximum absolute atomic E-state index is 12.7. The summed E-state index contributed by atoms with van der Waals surface area (Å²) in [5.74, 6) is -0.139. The highest BCUT2D eigenvalue weighted by atomic mass is 16.5. The zero-order chi connectivity index (χ0) is 15.7. The van der Waals surface area contributed by atoms with Crippen LogP contribution in [0.15, 0.2) is 0 Å². The molecule has 4 N–H and O–H groups in total. The van der Waals surface area contributed by atoms with Gasteiger partial charge in [-0.2, -0.15) is 0 Å². The van der Waals surface area contributed by atoms with Crippen molar-refractivity contribution in [3.8, 4) is 0 Å². The molecule has 0 saturated heterocycles. The van der Waals surface area contributed by atoms with Crippen molar-refractivity contribution in [2.24, 2.45) is 11.1 Å². The van der Waals surface area contributed by atoms with Crippen LogP contribution >= 0.6 is 0 Å². The van der Waals surface area contributed by atoms with Gasteiger partial charge in [-0.1, -0.05) is 33.1 Å². The molecule has 0 aromatic heterocycles. The number of nitrogens with one attached hydrogen (secondary N) is 1. The average molecular weight is 298 g/mol. The zero-order valence-corrected chi connectivity index (χ0v) is 13.6. The van der Waals surface area contributed by atoms with Crippen molar-refractivity contribution in [1.82, 2.24) is 5.32 Å². The van der Waals surface area contributed by atoms with E-state index in [4.69, 9.17) is 10.5 Å². The summed E-state index contributed by atoms with van der Waals surface area (Å²) in [4.78, 5) is 12.7. The Balaban J connectivity index is 2.06. The van der Waals surface area contributed by atoms with Crippen LogP contribution in [0.3, 0.4) is 0 Å². The van der Waals surface area contributed by atoms with Crippen LogP contribution in [0.25, 0.3) is 0 Å². The van der Waals surface area contributed by atoms with Gasteiger partial charge in [-0.15, -0.1) is 0 Å². The third-order valence-corrected chi connectivity index (χ3v) is 5.73. The number of hydrogen-bond acceptors (Lipinski definition) is 4. The first kappa shape index (κ1) is 16.7. The molecule has 2 saturated carbocycles. The number of carbonyl (C=O) groups is 1. The van der Waals surface area contributed by atoms with Gasteiger partial charge in [0.05, 0.1) is 18.2 Å². The molecular formula is C16H30N2O3. The van der Waals surface area contributed by atoms with Gasteiger partial charge >= 0.3 is 0 Å². The number of nitrogens with two attached hydrogens (primary N) is 1. The highest BCUT2D eigenvalue weighted by Gasteiger charge is 2.63. The van der Waals surface area contributed by atoms with E-state index in [1.54, 1.807) is 0 Å². The lowest BCUT2D eigenvalue weighted by Gasteiger charge is -2.58. The van der Waals surface area contributed by atoms with Gasteiger partial charge < -0.3 is 20.9 Å². The van der Waals surface area contributed by atoms with Crippen LogP contribution in [0.1, 0.15) is 59.3 Å². The predicted octanol–water partition coefficient (Wildman–Crippen LogP) is 1.33. The van der Waals surface area contributed by atoms with Crippen LogP contribution in [-0.4, -0.2) is 41.4 Å². The number of aliphatic hydroxyl groups excluding tert-OH is 1. The van der Waals surface area contributed by atoms with E-state index in [0.29, 0.717) is 13.0 Å². The monoisotopic (exact) mass is 298 g/mol. The third-order valence-electron chi connectivity index (χ3n) is 5.73. The maximum atomic E-state index is 12.7. The molecule has 0 aliphatic heterocycles. The molecule has 21 heavy (non-hydrogen) atoms. The van der Waals surface area contributed by atoms with Gasteiger partial charge in [0.25, 0.3) is 0 Å². The molecule has 1 amide bonds. The Morgan fingerprint density at radius 2 is 1.95 bits per heavy atom. The molecule has 0 spiro atoms. The largest absolute Gasteiger partial charge is 0.394 e. The fourth-order valence-electron chi connectivity index (χ4n) is 3.72. The Morgan fingerprint density at radius 3 is 2.43 bits per heavy atom. The van der Waals surface area contributed by atoms with Crippen molar-refractivity contribution in [2.75, 3.05) is 13.2 Å². The van der Waals surface area contributed by atoms with Gasteiger partial charge in [0.15, 0.2) is 0 Å². The lowest BCUT2D eigenvalue weighted by molar-refractivity contribution is -0.172. The molecule has 0 radical (unpaired) electrons. The topological polar surface area (TPSA) is 84.6 Å². The predicted molar refractivity (Wildman–Crippen MR) is 81.8 cm³/mol. The second-order valence-corrected chi connectivity index (χ2v) is 7.29. The smallest absolute Gasteiger partial charge is 0.241 e. The maximum Gasteiger partial charge on any atom is 0.241 e. The normalized spacial score (nSPS) is 34.0. The van der Waals surface area contributed by atoms with Gasteiger partial charge in [-0.3, -0.25) is 4.79 Å². The number of carbonyl (C=O) groups excluding carboxylic acids is 1. The zero-order valence-electron chi connectivity index (χ0n) is 13.6. The van der Waals surface area contributed by atoms with Crippen LogP contribution in [0.4, 0.5) is 0 Å². The molecule has 0 bridgehead atoms. The summed E-state index contributed by atoms with van der Waals surface area (Å²) in [5.41, 5.74) is 4.62. The van der Waals surface area contributed by atoms with Crippen LogP contribution in [0.2, 0.25) is 0 Å². The molecule has 0 heterocycles. The van der Waals surface area contributed by atoms with Gasteiger partial charge in [-0.25, -0.2) is 0 Å². The van der Waals surface area contributed by atoms with E-state index < -0.39 is 16.5 Å². The lowest BCUT2D eigenvalue weighted by atomic mass is 9.54. The fraction of sp³-hybridized carbons (Fsp3) is 0.938. The van der Waals surface area contributed by atoms with Gasteiger partial charge in [0, 0.05) is 18.4 Å². The van der Waals surface area contributed by atoms with E-state index in [1.807, 2.05) is 20.8 Å². The minimum absolute atomic E-state index is 0.00978. The van der Waals surface area contributed by atoms with E-state index in [-0.39, 0.29) is 18.6 Å². The first-order chi connectivity index (χ1) is 9.81. The molecule has 5 heteroatoms. The van der Waals surface area contributed by atoms with Crippen molar-refractivity contribution in [3.63, 3.8) is 0 Å². The number of ether oxygens (including phenoxy) is 1. The summed E-state index contributed by atoms with van der Waals surface area (Å²) in [7, 11) is 0. The molecule has 2 unspecified atom stereocenters. The van der Waals surface area contributed by atoms with Crippen LogP contribution in [0.5, 0.6) is 0 Å². The molecule has 2 rings (SSSR count). The second-order valence-electron chi connectivity index (χ2n) is 7.29. The van der Waals surface area contributed by atoms with E-state index in [0.717, 1.165) is 25.7 Å². The van der Waals surface area contributed by atoms with Crippen molar-refractivity contribution in [3.05, 3.63) is 0 Å². The Kier molecular flexibility index (Phi) is 4.66. The second kappa shape index (κ2) is 5.86. The van der Waals surface area contributed by atoms with Crippen molar-refractivity contribution in [2.45, 2.75) is 76.5 Å². The summed E-state index contributed by atoms with van der Waals surface area (Å²) in [6, 6.07) is 0. The van der Waals surface area contributed by atoms with Crippen LogP contribution < -0.4 is 11.1 Å². The Hall–Kier alpha value is -0.650. The SMILES string of the molecule is CCOC1CC(N)(C(=O)NC2(CO)CCCCC2)C1(C)C. The van der Waals surface area contributed by atoms with Gasteiger partial charge in [0.2, 0.25) is 5.91 Å². The highest BCUT2D eigenvalue weighted by molar-refractivity contribution is 5.89. The molecule has 5 nitrogen and oxygen atoms in total. The van der Waals surface area contributed by atoms with Gasteiger partial charge in [0.1, 0.15) is 5.54 Å².